The zero-order valence-electron chi connectivity index (χ0n) is 2.69. The van der Waals surface area contributed by atoms with Crippen molar-refractivity contribution in [3.63, 3.8) is 0 Å². The van der Waals surface area contributed by atoms with Crippen molar-refractivity contribution in [1.29, 1.82) is 0 Å². The Hall–Kier alpha value is 1.24. The van der Waals surface area contributed by atoms with Crippen molar-refractivity contribution in [2.24, 2.45) is 0 Å². The van der Waals surface area contributed by atoms with Crippen LogP contribution in [0.25, 0.3) is 0 Å². The molecule has 0 aromatic carbocycles. The first-order chi connectivity index (χ1) is 1.91. The van der Waals surface area contributed by atoms with Crippen molar-refractivity contribution in [1.82, 2.24) is 0 Å². The summed E-state index contributed by atoms with van der Waals surface area (Å²) in [5, 5.41) is 0. The maximum absolute atomic E-state index is 9.17. The minimum atomic E-state index is 0. The van der Waals surface area contributed by atoms with Gasteiger partial charge in [-0.15, -0.1) is 0 Å². The van der Waals surface area contributed by atoms with E-state index in [-0.39, 0.29) is 48.9 Å². The van der Waals surface area contributed by atoms with Crippen LogP contribution in [-0.4, -0.2) is 55.2 Å². The summed E-state index contributed by atoms with van der Waals surface area (Å²) in [7, 11) is 0. The van der Waals surface area contributed by atoms with Crippen molar-refractivity contribution in [3.8, 4) is 0 Å². The second kappa shape index (κ2) is 8.97. The Balaban J connectivity index is 0. The van der Waals surface area contributed by atoms with Gasteiger partial charge in [-0.05, 0) is 0 Å². The first-order valence-corrected chi connectivity index (χ1v) is 1.35. The van der Waals surface area contributed by atoms with Gasteiger partial charge in [-0.2, -0.15) is 0 Å². The van der Waals surface area contributed by atoms with Crippen LogP contribution in [0, 0.1) is 0 Å². The molecule has 0 amide bonds. The fourth-order valence-corrected chi connectivity index (χ4v) is 0. The van der Waals surface area contributed by atoms with Crippen molar-refractivity contribution in [2.75, 3.05) is 0 Å². The number of rotatable bonds is 1. The fourth-order valence-electron chi connectivity index (χ4n) is 0. The molecule has 0 bridgehead atoms. The summed E-state index contributed by atoms with van der Waals surface area (Å²) in [5.41, 5.74) is 0. The summed E-state index contributed by atoms with van der Waals surface area (Å²) < 4.78 is 0. The topological polar surface area (TPSA) is 17.1 Å². The van der Waals surface area contributed by atoms with E-state index >= 15 is 0 Å². The van der Waals surface area contributed by atoms with Gasteiger partial charge in [0.05, 0.1) is 0 Å². The number of carbonyl (C=O) groups excluding carboxylic acids is 1. The molecular formula is C3H8BaO. The van der Waals surface area contributed by atoms with E-state index in [1.54, 1.807) is 0 Å². The van der Waals surface area contributed by atoms with Crippen LogP contribution < -0.4 is 0 Å². The van der Waals surface area contributed by atoms with Crippen LogP contribution in [0.15, 0.2) is 0 Å². The Morgan fingerprint density at radius 3 is 2.00 bits per heavy atom. The molecule has 0 saturated carbocycles. The van der Waals surface area contributed by atoms with Crippen molar-refractivity contribution in [2.45, 2.75) is 13.3 Å². The summed E-state index contributed by atoms with van der Waals surface area (Å²) in [4.78, 5) is 9.17. The van der Waals surface area contributed by atoms with Crippen molar-refractivity contribution >= 4 is 55.2 Å². The predicted octanol–water partition coefficient (Wildman–Crippen LogP) is -0.321. The Bertz CT molecular complexity index is 20.9. The van der Waals surface area contributed by atoms with Gasteiger partial charge in [0.25, 0.3) is 0 Å². The zero-order chi connectivity index (χ0) is 3.41. The molecule has 0 aliphatic heterocycles. The molecule has 0 rings (SSSR count). The van der Waals surface area contributed by atoms with E-state index < -0.39 is 0 Å². The molecule has 0 aliphatic rings. The van der Waals surface area contributed by atoms with Gasteiger partial charge in [-0.25, -0.2) is 0 Å². The van der Waals surface area contributed by atoms with Crippen LogP contribution in [0.3, 0.4) is 0 Å². The monoisotopic (exact) mass is 198 g/mol. The molecule has 0 radical (unpaired) electrons. The quantitative estimate of drug-likeness (QED) is 0.416. The van der Waals surface area contributed by atoms with E-state index in [0.717, 1.165) is 6.29 Å². The Morgan fingerprint density at radius 2 is 2.00 bits per heavy atom. The first-order valence-electron chi connectivity index (χ1n) is 1.35. The molecular weight excluding hydrogens is 189 g/mol. The summed E-state index contributed by atoms with van der Waals surface area (Å²) >= 11 is 0. The Morgan fingerprint density at radius 1 is 1.80 bits per heavy atom. The number of hydrogen-bond donors (Lipinski definition) is 0. The second-order valence-electron chi connectivity index (χ2n) is 0.575. The zero-order valence-corrected chi connectivity index (χ0v) is 2.69. The first kappa shape index (κ1) is 9.53. The molecule has 0 heterocycles. The van der Waals surface area contributed by atoms with Crippen LogP contribution >= 0.6 is 0 Å². The molecule has 0 N–H and O–H groups in total. The van der Waals surface area contributed by atoms with Gasteiger partial charge in [0.2, 0.25) is 0 Å². The summed E-state index contributed by atoms with van der Waals surface area (Å²) in [5.74, 6) is 0. The van der Waals surface area contributed by atoms with Crippen LogP contribution in [0.2, 0.25) is 0 Å². The average Bonchev–Trinajstić information content (AvgIpc) is 1.37. The fraction of sp³-hybridized carbons (Fsp3) is 0.667. The molecule has 0 unspecified atom stereocenters. The molecule has 28 valence electrons. The minimum absolute atomic E-state index is 0. The molecule has 0 spiro atoms. The SMILES string of the molecule is CCC=O.[BaH2]. The van der Waals surface area contributed by atoms with Gasteiger partial charge in [0, 0.05) is 6.42 Å². The Kier molecular flexibility index (Phi) is 17.1. The van der Waals surface area contributed by atoms with Gasteiger partial charge < -0.3 is 4.79 Å². The third-order valence-electron chi connectivity index (χ3n) is 0.167. The normalized spacial score (nSPS) is 5.00. The summed E-state index contributed by atoms with van der Waals surface area (Å²) in [6, 6.07) is 0. The number of hydrogen-bond acceptors (Lipinski definition) is 1. The van der Waals surface area contributed by atoms with Gasteiger partial charge in [-0.3, -0.25) is 0 Å². The molecule has 0 aromatic rings. The van der Waals surface area contributed by atoms with Crippen LogP contribution in [-0.2, 0) is 4.79 Å². The van der Waals surface area contributed by atoms with Gasteiger partial charge >= 0.3 is 48.9 Å². The number of aldehydes is 1. The molecule has 0 aliphatic carbocycles. The molecule has 1 nitrogen and oxygen atoms in total. The van der Waals surface area contributed by atoms with E-state index in [1.165, 1.54) is 0 Å². The van der Waals surface area contributed by atoms with Gasteiger partial charge in [-0.1, -0.05) is 6.92 Å². The maximum atomic E-state index is 9.17. The standard InChI is InChI=1S/C3H6O.Ba.2H/c1-2-3-4;;;/h3H,2H2,1H3;;;. The van der Waals surface area contributed by atoms with Gasteiger partial charge in [0.15, 0.2) is 0 Å². The van der Waals surface area contributed by atoms with E-state index in [0.29, 0.717) is 6.42 Å². The Labute approximate surface area is 72.2 Å². The van der Waals surface area contributed by atoms with Crippen molar-refractivity contribution < 1.29 is 4.79 Å². The second-order valence-corrected chi connectivity index (χ2v) is 0.575. The molecule has 5 heavy (non-hydrogen) atoms. The average molecular weight is 197 g/mol. The van der Waals surface area contributed by atoms with Crippen LogP contribution in [0.1, 0.15) is 13.3 Å². The molecule has 0 aromatic heterocycles. The van der Waals surface area contributed by atoms with Crippen LogP contribution in [0.4, 0.5) is 0 Å². The molecule has 0 fully saturated rings. The van der Waals surface area contributed by atoms with E-state index in [1.807, 2.05) is 6.92 Å². The molecule has 0 atom stereocenters. The third-order valence-corrected chi connectivity index (χ3v) is 0.167. The third kappa shape index (κ3) is 11.0. The van der Waals surface area contributed by atoms with Crippen LogP contribution in [0.5, 0.6) is 0 Å². The summed E-state index contributed by atoms with van der Waals surface area (Å²) in [6.45, 7) is 1.81. The van der Waals surface area contributed by atoms with E-state index in [2.05, 4.69) is 0 Å². The van der Waals surface area contributed by atoms with Gasteiger partial charge in [0.1, 0.15) is 6.29 Å². The number of carbonyl (C=O) groups is 1. The molecule has 0 saturated heterocycles. The predicted molar refractivity (Wildman–Crippen MR) is 24.9 cm³/mol. The summed E-state index contributed by atoms with van der Waals surface area (Å²) in [6.07, 6.45) is 1.51. The van der Waals surface area contributed by atoms with E-state index in [9.17, 15) is 4.79 Å². The van der Waals surface area contributed by atoms with E-state index in [4.69, 9.17) is 0 Å². The van der Waals surface area contributed by atoms with Crippen molar-refractivity contribution in [3.05, 3.63) is 0 Å². The molecule has 2 heteroatoms.